The zero-order valence-electron chi connectivity index (χ0n) is 11.5. The summed E-state index contributed by atoms with van der Waals surface area (Å²) < 4.78 is 36.0. The van der Waals surface area contributed by atoms with Gasteiger partial charge in [0, 0.05) is 19.6 Å². The summed E-state index contributed by atoms with van der Waals surface area (Å²) >= 11 is 0. The van der Waals surface area contributed by atoms with E-state index in [1.54, 1.807) is 19.1 Å². The molecular formula is C14H20FNO3S. The summed E-state index contributed by atoms with van der Waals surface area (Å²) in [4.78, 5) is 2.02. The number of hydrogen-bond acceptors (Lipinski definition) is 4. The van der Waals surface area contributed by atoms with Gasteiger partial charge in [0.1, 0.15) is 5.82 Å². The molecule has 1 unspecified atom stereocenters. The van der Waals surface area contributed by atoms with Crippen LogP contribution in [0.2, 0.25) is 0 Å². The van der Waals surface area contributed by atoms with Crippen molar-refractivity contribution in [1.29, 1.82) is 0 Å². The van der Waals surface area contributed by atoms with Gasteiger partial charge in [0.15, 0.2) is 9.84 Å². The third kappa shape index (κ3) is 4.01. The van der Waals surface area contributed by atoms with Crippen LogP contribution in [0.5, 0.6) is 0 Å². The Labute approximate surface area is 119 Å². The van der Waals surface area contributed by atoms with E-state index < -0.39 is 15.9 Å². The van der Waals surface area contributed by atoms with E-state index in [-0.39, 0.29) is 17.3 Å². The van der Waals surface area contributed by atoms with Crippen LogP contribution in [0.25, 0.3) is 0 Å². The molecule has 1 aliphatic rings. The van der Waals surface area contributed by atoms with Crippen LogP contribution in [0.1, 0.15) is 23.7 Å². The molecule has 4 nitrogen and oxygen atoms in total. The fraction of sp³-hybridized carbons (Fsp3) is 0.571. The van der Waals surface area contributed by atoms with Crippen LogP contribution in [0.3, 0.4) is 0 Å². The van der Waals surface area contributed by atoms with Gasteiger partial charge >= 0.3 is 0 Å². The van der Waals surface area contributed by atoms with E-state index in [1.165, 1.54) is 6.07 Å². The number of benzene rings is 1. The number of aliphatic hydroxyl groups is 1. The van der Waals surface area contributed by atoms with Gasteiger partial charge in [0.25, 0.3) is 0 Å². The van der Waals surface area contributed by atoms with Crippen LogP contribution < -0.4 is 0 Å². The summed E-state index contributed by atoms with van der Waals surface area (Å²) in [5.41, 5.74) is 1.12. The van der Waals surface area contributed by atoms with E-state index >= 15 is 0 Å². The van der Waals surface area contributed by atoms with Crippen molar-refractivity contribution in [1.82, 2.24) is 4.90 Å². The third-order valence-electron chi connectivity index (χ3n) is 3.74. The molecule has 112 valence electrons. The molecule has 1 aromatic rings. The van der Waals surface area contributed by atoms with Crippen LogP contribution in [0.15, 0.2) is 18.2 Å². The standard InChI is InChI=1S/C14H20FNO3S/c1-11-2-3-12(10-13(11)15)14(17)4-5-16-6-8-20(18,19)9-7-16/h2-3,10,14,17H,4-9H2,1H3. The average Bonchev–Trinajstić information content (AvgIpc) is 2.40. The SMILES string of the molecule is Cc1ccc(C(O)CCN2CCS(=O)(=O)CC2)cc1F. The summed E-state index contributed by atoms with van der Waals surface area (Å²) in [6.45, 7) is 3.32. The van der Waals surface area contributed by atoms with Crippen molar-refractivity contribution in [3.8, 4) is 0 Å². The summed E-state index contributed by atoms with van der Waals surface area (Å²) in [7, 11) is -2.87. The minimum atomic E-state index is -2.87. The van der Waals surface area contributed by atoms with Crippen molar-refractivity contribution in [2.24, 2.45) is 0 Å². The molecule has 1 heterocycles. The maximum Gasteiger partial charge on any atom is 0.152 e. The van der Waals surface area contributed by atoms with Gasteiger partial charge in [-0.05, 0) is 30.5 Å². The zero-order chi connectivity index (χ0) is 14.8. The van der Waals surface area contributed by atoms with Gasteiger partial charge in [-0.3, -0.25) is 0 Å². The smallest absolute Gasteiger partial charge is 0.152 e. The Morgan fingerprint density at radius 2 is 2.00 bits per heavy atom. The molecule has 20 heavy (non-hydrogen) atoms. The van der Waals surface area contributed by atoms with E-state index in [0.717, 1.165) is 0 Å². The first-order valence-electron chi connectivity index (χ1n) is 6.74. The number of aryl methyl sites for hydroxylation is 1. The lowest BCUT2D eigenvalue weighted by Crippen LogP contribution is -2.40. The van der Waals surface area contributed by atoms with Gasteiger partial charge in [0.2, 0.25) is 0 Å². The molecule has 0 radical (unpaired) electrons. The Morgan fingerprint density at radius 3 is 2.60 bits per heavy atom. The molecule has 2 rings (SSSR count). The van der Waals surface area contributed by atoms with Crippen molar-refractivity contribution in [2.75, 3.05) is 31.1 Å². The average molecular weight is 301 g/mol. The van der Waals surface area contributed by atoms with E-state index in [1.807, 2.05) is 4.90 Å². The highest BCUT2D eigenvalue weighted by Gasteiger charge is 2.22. The molecule has 0 saturated carbocycles. The number of rotatable bonds is 4. The molecule has 1 fully saturated rings. The van der Waals surface area contributed by atoms with E-state index in [0.29, 0.717) is 37.2 Å². The highest BCUT2D eigenvalue weighted by Crippen LogP contribution is 2.20. The number of aliphatic hydroxyl groups excluding tert-OH is 1. The molecule has 0 aromatic heterocycles. The third-order valence-corrected chi connectivity index (χ3v) is 5.35. The fourth-order valence-electron chi connectivity index (χ4n) is 2.26. The molecule has 1 N–H and O–H groups in total. The van der Waals surface area contributed by atoms with Gasteiger partial charge in [0.05, 0.1) is 17.6 Å². The maximum atomic E-state index is 13.4. The molecular weight excluding hydrogens is 281 g/mol. The lowest BCUT2D eigenvalue weighted by atomic mass is 10.0. The molecule has 6 heteroatoms. The molecule has 0 bridgehead atoms. The lowest BCUT2D eigenvalue weighted by molar-refractivity contribution is 0.144. The Bertz CT molecular complexity index is 560. The summed E-state index contributed by atoms with van der Waals surface area (Å²) in [6.07, 6.45) is -0.244. The van der Waals surface area contributed by atoms with Crippen molar-refractivity contribution in [3.05, 3.63) is 35.1 Å². The minimum absolute atomic E-state index is 0.183. The number of hydrogen-bond donors (Lipinski definition) is 1. The van der Waals surface area contributed by atoms with Crippen molar-refractivity contribution < 1.29 is 17.9 Å². The fourth-order valence-corrected chi connectivity index (χ4v) is 3.54. The second-order valence-corrected chi connectivity index (χ2v) is 7.61. The summed E-state index contributed by atoms with van der Waals surface area (Å²) in [5.74, 6) is 0.0513. The van der Waals surface area contributed by atoms with Gasteiger partial charge in [-0.1, -0.05) is 12.1 Å². The lowest BCUT2D eigenvalue weighted by Gasteiger charge is -2.27. The first-order chi connectivity index (χ1) is 9.37. The van der Waals surface area contributed by atoms with Crippen LogP contribution in [-0.2, 0) is 9.84 Å². The van der Waals surface area contributed by atoms with Gasteiger partial charge < -0.3 is 10.0 Å². The monoisotopic (exact) mass is 301 g/mol. The van der Waals surface area contributed by atoms with Crippen LogP contribution in [0.4, 0.5) is 4.39 Å². The highest BCUT2D eigenvalue weighted by atomic mass is 32.2. The van der Waals surface area contributed by atoms with Gasteiger partial charge in [-0.15, -0.1) is 0 Å². The number of nitrogens with zero attached hydrogens (tertiary/aromatic N) is 1. The quantitative estimate of drug-likeness (QED) is 0.910. The Kier molecular flexibility index (Phi) is 4.78. The predicted octanol–water partition coefficient (Wildman–Crippen LogP) is 1.29. The second-order valence-electron chi connectivity index (χ2n) is 5.31. The summed E-state index contributed by atoms with van der Waals surface area (Å²) in [6, 6.07) is 4.74. The van der Waals surface area contributed by atoms with Gasteiger partial charge in [-0.25, -0.2) is 12.8 Å². The molecule has 0 spiro atoms. The molecule has 1 atom stereocenters. The predicted molar refractivity (Wildman–Crippen MR) is 75.8 cm³/mol. The van der Waals surface area contributed by atoms with Gasteiger partial charge in [-0.2, -0.15) is 0 Å². The molecule has 1 aliphatic heterocycles. The topological polar surface area (TPSA) is 57.6 Å². The van der Waals surface area contributed by atoms with E-state index in [2.05, 4.69) is 0 Å². The Morgan fingerprint density at radius 1 is 1.35 bits per heavy atom. The van der Waals surface area contributed by atoms with Crippen molar-refractivity contribution in [2.45, 2.75) is 19.4 Å². The molecule has 0 amide bonds. The van der Waals surface area contributed by atoms with Crippen LogP contribution >= 0.6 is 0 Å². The van der Waals surface area contributed by atoms with E-state index in [9.17, 15) is 17.9 Å². The largest absolute Gasteiger partial charge is 0.388 e. The first-order valence-corrected chi connectivity index (χ1v) is 8.56. The first kappa shape index (κ1) is 15.4. The molecule has 1 aromatic carbocycles. The number of sulfone groups is 1. The summed E-state index contributed by atoms with van der Waals surface area (Å²) in [5, 5.41) is 10.1. The Hall–Kier alpha value is -0.980. The van der Waals surface area contributed by atoms with Crippen molar-refractivity contribution >= 4 is 9.84 Å². The zero-order valence-corrected chi connectivity index (χ0v) is 12.4. The maximum absolute atomic E-state index is 13.4. The van der Waals surface area contributed by atoms with Crippen molar-refractivity contribution in [3.63, 3.8) is 0 Å². The highest BCUT2D eigenvalue weighted by molar-refractivity contribution is 7.91. The van der Waals surface area contributed by atoms with Crippen LogP contribution in [-0.4, -0.2) is 49.6 Å². The molecule has 1 saturated heterocycles. The number of halogens is 1. The Balaban J connectivity index is 1.86. The normalized spacial score (nSPS) is 20.8. The molecule has 0 aliphatic carbocycles. The van der Waals surface area contributed by atoms with Crippen LogP contribution in [0, 0.1) is 12.7 Å². The minimum Gasteiger partial charge on any atom is -0.388 e. The van der Waals surface area contributed by atoms with E-state index in [4.69, 9.17) is 0 Å². The second kappa shape index (κ2) is 6.20.